The Hall–Kier alpha value is -1.14. The van der Waals surface area contributed by atoms with Gasteiger partial charge in [0.05, 0.1) is 0 Å². The van der Waals surface area contributed by atoms with Gasteiger partial charge in [-0.25, -0.2) is 0 Å². The monoisotopic (exact) mass is 578 g/mol. The van der Waals surface area contributed by atoms with E-state index in [9.17, 15) is 0 Å². The van der Waals surface area contributed by atoms with Crippen LogP contribution in [0.4, 0.5) is 0 Å². The van der Waals surface area contributed by atoms with Crippen LogP contribution < -0.4 is 0 Å². The van der Waals surface area contributed by atoms with Crippen molar-refractivity contribution in [1.29, 1.82) is 0 Å². The van der Waals surface area contributed by atoms with E-state index >= 15 is 0 Å². The number of fused-ring (bicyclic) bond motifs is 2. The molecule has 0 heterocycles. The molecule has 0 amide bonds. The molecular formula is C32H34Cl2Zr. The third-order valence-corrected chi connectivity index (χ3v) is 8.07. The van der Waals surface area contributed by atoms with Gasteiger partial charge in [-0.2, -0.15) is 13.8 Å². The van der Waals surface area contributed by atoms with Gasteiger partial charge in [0.1, 0.15) is 0 Å². The van der Waals surface area contributed by atoms with Gasteiger partial charge in [0, 0.05) is 0 Å². The van der Waals surface area contributed by atoms with Crippen molar-refractivity contribution in [2.45, 2.75) is 38.5 Å². The van der Waals surface area contributed by atoms with E-state index in [0.717, 1.165) is 11.8 Å². The van der Waals surface area contributed by atoms with Crippen LogP contribution in [0, 0.1) is 35.5 Å². The Bertz CT molecular complexity index is 943. The normalized spacial score (nSPS) is 30.4. The van der Waals surface area contributed by atoms with Gasteiger partial charge in [-0.15, -0.1) is 35.8 Å². The van der Waals surface area contributed by atoms with Crippen LogP contribution in [0.2, 0.25) is 0 Å². The first-order valence-corrected chi connectivity index (χ1v) is 18.9. The summed E-state index contributed by atoms with van der Waals surface area (Å²) in [6.45, 7) is 4.65. The van der Waals surface area contributed by atoms with Gasteiger partial charge in [-0.1, -0.05) is 121 Å². The van der Waals surface area contributed by atoms with E-state index in [2.05, 4.69) is 123 Å². The first-order valence-electron chi connectivity index (χ1n) is 12.6. The van der Waals surface area contributed by atoms with Crippen molar-refractivity contribution in [1.82, 2.24) is 0 Å². The summed E-state index contributed by atoms with van der Waals surface area (Å²) in [6.07, 6.45) is 20.8. The average molecular weight is 581 g/mol. The minimum atomic E-state index is -0.826. The molecule has 2 saturated carbocycles. The van der Waals surface area contributed by atoms with Gasteiger partial charge in [0.15, 0.2) is 0 Å². The van der Waals surface area contributed by atoms with Crippen molar-refractivity contribution < 1.29 is 20.8 Å². The molecule has 0 nitrogen and oxygen atoms in total. The molecule has 6 unspecified atom stereocenters. The Morgan fingerprint density at radius 3 is 1.29 bits per heavy atom. The van der Waals surface area contributed by atoms with Gasteiger partial charge in [0.25, 0.3) is 0 Å². The van der Waals surface area contributed by atoms with Crippen LogP contribution in [0.25, 0.3) is 0 Å². The van der Waals surface area contributed by atoms with E-state index in [0.29, 0.717) is 23.7 Å². The molecule has 0 radical (unpaired) electrons. The Morgan fingerprint density at radius 1 is 0.600 bits per heavy atom. The molecule has 2 aromatic rings. The van der Waals surface area contributed by atoms with E-state index < -0.39 is 20.8 Å². The van der Waals surface area contributed by atoms with E-state index in [1.54, 1.807) is 11.8 Å². The van der Waals surface area contributed by atoms with Crippen LogP contribution in [0.5, 0.6) is 0 Å². The average Bonchev–Trinajstić information content (AvgIpc) is 3.43. The predicted molar refractivity (Wildman–Crippen MR) is 148 cm³/mol. The number of hydrogen-bond donors (Lipinski definition) is 0. The van der Waals surface area contributed by atoms with Gasteiger partial charge in [-0.3, -0.25) is 0 Å². The number of halogens is 2. The van der Waals surface area contributed by atoms with Crippen LogP contribution in [0.1, 0.15) is 49.7 Å². The molecule has 3 heteroatoms. The zero-order chi connectivity index (χ0) is 24.6. The second-order valence-corrected chi connectivity index (χ2v) is 13.6. The van der Waals surface area contributed by atoms with Crippen molar-refractivity contribution in [2.24, 2.45) is 23.7 Å². The van der Waals surface area contributed by atoms with E-state index in [1.165, 1.54) is 24.0 Å². The second-order valence-electron chi connectivity index (χ2n) is 9.88. The van der Waals surface area contributed by atoms with Gasteiger partial charge < -0.3 is 11.8 Å². The van der Waals surface area contributed by atoms with E-state index in [-0.39, 0.29) is 0 Å². The van der Waals surface area contributed by atoms with Crippen LogP contribution in [-0.4, -0.2) is 0 Å². The van der Waals surface area contributed by atoms with Crippen molar-refractivity contribution in [3.63, 3.8) is 0 Å². The molecule has 2 aromatic carbocycles. The molecule has 6 atom stereocenters. The summed E-state index contributed by atoms with van der Waals surface area (Å²) in [6, 6.07) is 21.8. The molecule has 0 aliphatic heterocycles. The van der Waals surface area contributed by atoms with E-state index in [1.807, 2.05) is 0 Å². The molecule has 4 aliphatic carbocycles. The topological polar surface area (TPSA) is 0 Å². The zero-order valence-corrected chi connectivity index (χ0v) is 24.5. The Balaban J connectivity index is 0.000000149. The molecule has 4 aliphatic rings. The van der Waals surface area contributed by atoms with Crippen molar-refractivity contribution >= 4 is 17.0 Å². The third-order valence-electron chi connectivity index (χ3n) is 8.07. The summed E-state index contributed by atoms with van der Waals surface area (Å²) in [4.78, 5) is 0. The predicted octanol–water partition coefficient (Wildman–Crippen LogP) is 9.63. The van der Waals surface area contributed by atoms with Crippen molar-refractivity contribution in [3.05, 3.63) is 132 Å². The summed E-state index contributed by atoms with van der Waals surface area (Å²) in [5.74, 6) is 7.40. The van der Waals surface area contributed by atoms with Crippen LogP contribution >= 0.6 is 17.0 Å². The molecule has 0 N–H and O–H groups in total. The van der Waals surface area contributed by atoms with Crippen LogP contribution in [0.15, 0.2) is 109 Å². The molecule has 0 bridgehead atoms. The molecule has 6 rings (SSSR count). The Labute approximate surface area is 230 Å². The molecule has 35 heavy (non-hydrogen) atoms. The molecule has 2 fully saturated rings. The summed E-state index contributed by atoms with van der Waals surface area (Å²) in [7, 11) is 9.87. The standard InChI is InChI=1S/2C16H17.2ClH.Zr/c2*1-12-15-10-6-5-9-14(15)11-16(12)13-7-3-2-4-8-13;;;/h2*2-10,14-16H,11H2,1H3;2*1H;/q2*-1;;;+4/p-2. The van der Waals surface area contributed by atoms with Crippen LogP contribution in [-0.2, 0) is 20.8 Å². The van der Waals surface area contributed by atoms with E-state index in [4.69, 9.17) is 17.0 Å². The molecular weight excluding hydrogens is 546 g/mol. The molecule has 0 spiro atoms. The number of benzene rings is 2. The fraction of sp³-hybridized carbons (Fsp3) is 0.312. The van der Waals surface area contributed by atoms with Gasteiger partial charge >= 0.3 is 37.9 Å². The fourth-order valence-electron chi connectivity index (χ4n) is 6.28. The molecule has 180 valence electrons. The number of hydrogen-bond acceptors (Lipinski definition) is 0. The minimum absolute atomic E-state index is 0.656. The first kappa shape index (κ1) is 26.9. The SMILES string of the molecule is C[C-]1C(c2ccccc2)CC2C=CC=CC12.C[C-]1C(c2ccccc2)CC2C=CC=CC12.[Cl][Zr+2][Cl]. The van der Waals surface area contributed by atoms with Crippen LogP contribution in [0.3, 0.4) is 0 Å². The summed E-state index contributed by atoms with van der Waals surface area (Å²) >= 11 is -0.826. The summed E-state index contributed by atoms with van der Waals surface area (Å²) in [5.41, 5.74) is 2.97. The fourth-order valence-corrected chi connectivity index (χ4v) is 6.28. The summed E-state index contributed by atoms with van der Waals surface area (Å²) in [5, 5.41) is 0. The Kier molecular flexibility index (Phi) is 10.3. The first-order chi connectivity index (χ1) is 17.1. The Morgan fingerprint density at radius 2 is 0.943 bits per heavy atom. The summed E-state index contributed by atoms with van der Waals surface area (Å²) < 4.78 is 0. The second kappa shape index (κ2) is 13.4. The molecule has 0 aromatic heterocycles. The van der Waals surface area contributed by atoms with Gasteiger partial charge in [-0.05, 0) is 11.8 Å². The maximum atomic E-state index is 4.93. The van der Waals surface area contributed by atoms with Gasteiger partial charge in [0.2, 0.25) is 0 Å². The number of allylic oxidation sites excluding steroid dienone is 8. The van der Waals surface area contributed by atoms with Crippen molar-refractivity contribution in [3.8, 4) is 0 Å². The maximum absolute atomic E-state index is 4.93. The molecule has 0 saturated heterocycles. The third kappa shape index (κ3) is 6.60. The zero-order valence-electron chi connectivity index (χ0n) is 20.5. The number of rotatable bonds is 2. The van der Waals surface area contributed by atoms with Crippen molar-refractivity contribution in [2.75, 3.05) is 0 Å². The quantitative estimate of drug-likeness (QED) is 0.310.